The van der Waals surface area contributed by atoms with Crippen molar-refractivity contribution in [3.05, 3.63) is 277 Å². The third kappa shape index (κ3) is 5.87. The maximum Gasteiger partial charge on any atom is 0.0713 e. The summed E-state index contributed by atoms with van der Waals surface area (Å²) in [5.74, 6) is 0. The van der Waals surface area contributed by atoms with Crippen molar-refractivity contribution in [2.24, 2.45) is 0 Å². The molecule has 12 rings (SSSR count). The monoisotopic (exact) mass is 802 g/mol. The molecule has 0 N–H and O–H groups in total. The summed E-state index contributed by atoms with van der Waals surface area (Å²) in [6, 6.07) is 93.1. The number of anilines is 3. The average molecular weight is 803 g/mol. The van der Waals surface area contributed by atoms with Gasteiger partial charge < -0.3 is 9.47 Å². The van der Waals surface area contributed by atoms with E-state index in [1.165, 1.54) is 77.4 Å². The molecule has 0 atom stereocenters. The highest BCUT2D eigenvalue weighted by Gasteiger charge is 2.46. The molecule has 0 saturated carbocycles. The van der Waals surface area contributed by atoms with Crippen molar-refractivity contribution < 1.29 is 0 Å². The van der Waals surface area contributed by atoms with Crippen molar-refractivity contribution in [2.45, 2.75) is 5.41 Å². The summed E-state index contributed by atoms with van der Waals surface area (Å²) in [6.07, 6.45) is 0. The zero-order chi connectivity index (χ0) is 41.7. The van der Waals surface area contributed by atoms with Crippen molar-refractivity contribution in [3.8, 4) is 39.1 Å². The van der Waals surface area contributed by atoms with Crippen LogP contribution < -0.4 is 4.90 Å². The fourth-order valence-corrected chi connectivity index (χ4v) is 10.4. The lowest BCUT2D eigenvalue weighted by molar-refractivity contribution is 0.768. The van der Waals surface area contributed by atoms with Gasteiger partial charge in [0.05, 0.1) is 16.4 Å². The van der Waals surface area contributed by atoms with Crippen LogP contribution in [0.5, 0.6) is 0 Å². The molecule has 0 spiro atoms. The first-order chi connectivity index (χ1) is 31.3. The van der Waals surface area contributed by atoms with Gasteiger partial charge >= 0.3 is 0 Å². The standard InChI is InChI=1S/C61H42N2/c1-5-19-45(20-6-1)61(46-21-7-2-8-22-46)57-31-17-15-29-53(57)56-42-50(38-40-58(56)61)63-59-32-18-16-30-54(59)55-39-35-44(41-60(55)63)52-28-14-13-27-51(52)43-33-36-49(37-34-43)62(47-23-9-3-10-24-47)48-25-11-4-12-26-48/h1-42H. The van der Waals surface area contributed by atoms with Gasteiger partial charge in [-0.1, -0.05) is 194 Å². The van der Waals surface area contributed by atoms with E-state index in [-0.39, 0.29) is 0 Å². The Morgan fingerprint density at radius 1 is 0.302 bits per heavy atom. The Balaban J connectivity index is 1.00. The van der Waals surface area contributed by atoms with Crippen LogP contribution in [-0.2, 0) is 5.41 Å². The summed E-state index contributed by atoms with van der Waals surface area (Å²) in [6.45, 7) is 0. The van der Waals surface area contributed by atoms with E-state index in [0.717, 1.165) is 22.7 Å². The van der Waals surface area contributed by atoms with Gasteiger partial charge in [-0.2, -0.15) is 0 Å². The van der Waals surface area contributed by atoms with Crippen LogP contribution in [0.2, 0.25) is 0 Å². The summed E-state index contributed by atoms with van der Waals surface area (Å²) >= 11 is 0. The average Bonchev–Trinajstić information content (AvgIpc) is 3.85. The van der Waals surface area contributed by atoms with Crippen LogP contribution in [0.25, 0.3) is 60.9 Å². The number of benzene rings is 10. The van der Waals surface area contributed by atoms with Gasteiger partial charge in [-0.05, 0) is 116 Å². The molecule has 1 heterocycles. The topological polar surface area (TPSA) is 8.17 Å². The molecule has 2 heteroatoms. The van der Waals surface area contributed by atoms with E-state index in [0.29, 0.717) is 0 Å². The molecule has 0 unspecified atom stereocenters. The molecule has 0 bridgehead atoms. The van der Waals surface area contributed by atoms with E-state index in [9.17, 15) is 0 Å². The molecule has 1 aromatic heterocycles. The van der Waals surface area contributed by atoms with E-state index in [1.54, 1.807) is 0 Å². The Morgan fingerprint density at radius 2 is 0.778 bits per heavy atom. The van der Waals surface area contributed by atoms with Gasteiger partial charge in [0.15, 0.2) is 0 Å². The fourth-order valence-electron chi connectivity index (χ4n) is 10.4. The Bertz CT molecular complexity index is 3350. The lowest BCUT2D eigenvalue weighted by Gasteiger charge is -2.33. The minimum absolute atomic E-state index is 0.440. The van der Waals surface area contributed by atoms with E-state index >= 15 is 0 Å². The number of aromatic nitrogens is 1. The van der Waals surface area contributed by atoms with Crippen LogP contribution in [0.1, 0.15) is 22.3 Å². The normalized spacial score (nSPS) is 12.6. The number of para-hydroxylation sites is 3. The predicted octanol–water partition coefficient (Wildman–Crippen LogP) is 16.0. The minimum Gasteiger partial charge on any atom is -0.311 e. The van der Waals surface area contributed by atoms with Crippen LogP contribution >= 0.6 is 0 Å². The Kier molecular flexibility index (Phi) is 8.76. The quantitative estimate of drug-likeness (QED) is 0.149. The van der Waals surface area contributed by atoms with E-state index in [2.05, 4.69) is 264 Å². The molecule has 0 fully saturated rings. The van der Waals surface area contributed by atoms with Crippen LogP contribution in [0.3, 0.4) is 0 Å². The third-order valence-electron chi connectivity index (χ3n) is 13.1. The first-order valence-electron chi connectivity index (χ1n) is 21.8. The molecule has 0 saturated heterocycles. The number of hydrogen-bond donors (Lipinski definition) is 0. The highest BCUT2D eigenvalue weighted by molar-refractivity contribution is 6.10. The maximum atomic E-state index is 2.47. The molecule has 0 amide bonds. The van der Waals surface area contributed by atoms with Gasteiger partial charge in [0.25, 0.3) is 0 Å². The molecule has 2 nitrogen and oxygen atoms in total. The first kappa shape index (κ1) is 36.6. The van der Waals surface area contributed by atoms with Gasteiger partial charge in [0, 0.05) is 33.5 Å². The maximum absolute atomic E-state index is 2.47. The van der Waals surface area contributed by atoms with Crippen molar-refractivity contribution >= 4 is 38.9 Å². The highest BCUT2D eigenvalue weighted by atomic mass is 15.1. The summed E-state index contributed by atoms with van der Waals surface area (Å²) in [7, 11) is 0. The van der Waals surface area contributed by atoms with Gasteiger partial charge in [-0.25, -0.2) is 0 Å². The van der Waals surface area contributed by atoms with E-state index < -0.39 is 5.41 Å². The van der Waals surface area contributed by atoms with Crippen molar-refractivity contribution in [1.29, 1.82) is 0 Å². The summed E-state index contributed by atoms with van der Waals surface area (Å²) in [5.41, 5.74) is 18.9. The fraction of sp³-hybridized carbons (Fsp3) is 0.0164. The lowest BCUT2D eigenvalue weighted by atomic mass is 9.68. The number of fused-ring (bicyclic) bond motifs is 6. The van der Waals surface area contributed by atoms with Crippen LogP contribution in [0.15, 0.2) is 255 Å². The Morgan fingerprint density at radius 3 is 1.43 bits per heavy atom. The SMILES string of the molecule is c1ccc(N(c2ccccc2)c2ccc(-c3ccccc3-c3ccc4c5ccccc5n(-c5ccc6c(c5)-c5ccccc5C6(c5ccccc5)c5ccccc5)c4c3)cc2)cc1. The first-order valence-corrected chi connectivity index (χ1v) is 21.8. The van der Waals surface area contributed by atoms with Crippen molar-refractivity contribution in [3.63, 3.8) is 0 Å². The van der Waals surface area contributed by atoms with Gasteiger partial charge in [0.2, 0.25) is 0 Å². The van der Waals surface area contributed by atoms with Crippen molar-refractivity contribution in [2.75, 3.05) is 4.90 Å². The van der Waals surface area contributed by atoms with Crippen LogP contribution in [-0.4, -0.2) is 4.57 Å². The predicted molar refractivity (Wildman–Crippen MR) is 264 cm³/mol. The minimum atomic E-state index is -0.440. The molecule has 0 aliphatic heterocycles. The highest BCUT2D eigenvalue weighted by Crippen LogP contribution is 2.56. The van der Waals surface area contributed by atoms with Crippen molar-refractivity contribution in [1.82, 2.24) is 4.57 Å². The van der Waals surface area contributed by atoms with Gasteiger partial charge in [-0.3, -0.25) is 0 Å². The third-order valence-corrected chi connectivity index (χ3v) is 13.1. The smallest absolute Gasteiger partial charge is 0.0713 e. The molecule has 296 valence electrons. The number of hydrogen-bond acceptors (Lipinski definition) is 1. The molecule has 10 aromatic carbocycles. The van der Waals surface area contributed by atoms with Crippen LogP contribution in [0, 0.1) is 0 Å². The molecule has 63 heavy (non-hydrogen) atoms. The lowest BCUT2D eigenvalue weighted by Crippen LogP contribution is -2.28. The molecule has 11 aromatic rings. The van der Waals surface area contributed by atoms with E-state index in [4.69, 9.17) is 0 Å². The van der Waals surface area contributed by atoms with E-state index in [1.807, 2.05) is 0 Å². The molecule has 1 aliphatic rings. The zero-order valence-electron chi connectivity index (χ0n) is 34.6. The molecular formula is C61H42N2. The summed E-state index contributed by atoms with van der Waals surface area (Å²) < 4.78 is 2.47. The van der Waals surface area contributed by atoms with Gasteiger partial charge in [-0.15, -0.1) is 0 Å². The number of rotatable bonds is 8. The number of nitrogens with zero attached hydrogens (tertiary/aromatic N) is 2. The summed E-state index contributed by atoms with van der Waals surface area (Å²) in [5, 5.41) is 2.48. The Hall–Kier alpha value is -8.20. The molecule has 0 radical (unpaired) electrons. The second-order valence-corrected chi connectivity index (χ2v) is 16.4. The molecule has 1 aliphatic carbocycles. The molecular weight excluding hydrogens is 761 g/mol. The Labute approximate surface area is 368 Å². The second kappa shape index (κ2) is 15.1. The van der Waals surface area contributed by atoms with Crippen LogP contribution in [0.4, 0.5) is 17.1 Å². The van der Waals surface area contributed by atoms with Gasteiger partial charge in [0.1, 0.15) is 0 Å². The largest absolute Gasteiger partial charge is 0.311 e. The summed E-state index contributed by atoms with van der Waals surface area (Å²) in [4.78, 5) is 2.31. The zero-order valence-corrected chi connectivity index (χ0v) is 34.6. The second-order valence-electron chi connectivity index (χ2n) is 16.4.